The van der Waals surface area contributed by atoms with Crippen molar-refractivity contribution in [1.82, 2.24) is 0 Å². The standard InChI is InChI=1S/C16H20O4S/c17-16(20-10-12-5-6-12)9-14-3-1-2-4-15(14)21(18,19)11-13-7-8-13/h1-4,12-13H,5-11H2. The number of rotatable bonds is 7. The summed E-state index contributed by atoms with van der Waals surface area (Å²) >= 11 is 0. The molecule has 5 heteroatoms. The van der Waals surface area contributed by atoms with Gasteiger partial charge in [-0.05, 0) is 49.1 Å². The number of benzene rings is 1. The van der Waals surface area contributed by atoms with E-state index in [0.29, 0.717) is 28.9 Å². The Morgan fingerprint density at radius 3 is 2.43 bits per heavy atom. The Bertz CT molecular complexity index is 627. The average molecular weight is 308 g/mol. The van der Waals surface area contributed by atoms with Crippen molar-refractivity contribution in [2.75, 3.05) is 12.4 Å². The third-order valence-corrected chi connectivity index (χ3v) is 5.95. The van der Waals surface area contributed by atoms with Crippen molar-refractivity contribution in [2.24, 2.45) is 11.8 Å². The molecule has 0 radical (unpaired) electrons. The highest BCUT2D eigenvalue weighted by Gasteiger charge is 2.30. The molecule has 3 rings (SSSR count). The molecule has 0 amide bonds. The third kappa shape index (κ3) is 4.06. The topological polar surface area (TPSA) is 60.4 Å². The van der Waals surface area contributed by atoms with Crippen molar-refractivity contribution in [3.63, 3.8) is 0 Å². The van der Waals surface area contributed by atoms with Gasteiger partial charge in [-0.3, -0.25) is 4.79 Å². The molecule has 2 aliphatic rings. The monoisotopic (exact) mass is 308 g/mol. The van der Waals surface area contributed by atoms with E-state index in [1.165, 1.54) is 0 Å². The molecule has 0 unspecified atom stereocenters. The highest BCUT2D eigenvalue weighted by Crippen LogP contribution is 2.33. The summed E-state index contributed by atoms with van der Waals surface area (Å²) in [5, 5.41) is 0. The predicted octanol–water partition coefficient (Wildman–Crippen LogP) is 2.37. The van der Waals surface area contributed by atoms with E-state index in [4.69, 9.17) is 4.74 Å². The van der Waals surface area contributed by atoms with Gasteiger partial charge in [-0.2, -0.15) is 0 Å². The fraction of sp³-hybridized carbons (Fsp3) is 0.562. The lowest BCUT2D eigenvalue weighted by Crippen LogP contribution is -2.15. The zero-order valence-electron chi connectivity index (χ0n) is 12.0. The molecule has 0 saturated heterocycles. The maximum Gasteiger partial charge on any atom is 0.310 e. The number of hydrogen-bond acceptors (Lipinski definition) is 4. The number of carbonyl (C=O) groups excluding carboxylic acids is 1. The Balaban J connectivity index is 1.70. The van der Waals surface area contributed by atoms with E-state index in [2.05, 4.69) is 0 Å². The number of carbonyl (C=O) groups is 1. The van der Waals surface area contributed by atoms with Crippen LogP contribution in [0, 0.1) is 11.8 Å². The van der Waals surface area contributed by atoms with Gasteiger partial charge >= 0.3 is 5.97 Å². The second-order valence-electron chi connectivity index (χ2n) is 6.14. The molecule has 0 N–H and O–H groups in total. The van der Waals surface area contributed by atoms with Gasteiger partial charge in [0.2, 0.25) is 0 Å². The third-order valence-electron chi connectivity index (χ3n) is 3.97. The second kappa shape index (κ2) is 5.79. The number of hydrogen-bond donors (Lipinski definition) is 0. The molecule has 2 fully saturated rings. The van der Waals surface area contributed by atoms with Crippen LogP contribution in [0.25, 0.3) is 0 Å². The SMILES string of the molecule is O=C(Cc1ccccc1S(=O)(=O)CC1CC1)OCC1CC1. The van der Waals surface area contributed by atoms with E-state index in [1.54, 1.807) is 24.3 Å². The van der Waals surface area contributed by atoms with Crippen LogP contribution in [0.2, 0.25) is 0 Å². The molecular weight excluding hydrogens is 288 g/mol. The summed E-state index contributed by atoms with van der Waals surface area (Å²) in [6.45, 7) is 0.468. The fourth-order valence-electron chi connectivity index (χ4n) is 2.34. The molecule has 0 aromatic heterocycles. The van der Waals surface area contributed by atoms with E-state index in [-0.39, 0.29) is 18.1 Å². The van der Waals surface area contributed by atoms with Gasteiger partial charge in [0.25, 0.3) is 0 Å². The summed E-state index contributed by atoms with van der Waals surface area (Å²) in [7, 11) is -3.30. The minimum absolute atomic E-state index is 0.0345. The quantitative estimate of drug-likeness (QED) is 0.726. The predicted molar refractivity (Wildman–Crippen MR) is 78.6 cm³/mol. The van der Waals surface area contributed by atoms with Crippen LogP contribution < -0.4 is 0 Å². The van der Waals surface area contributed by atoms with Gasteiger partial charge in [0.05, 0.1) is 23.7 Å². The first-order chi connectivity index (χ1) is 10.0. The van der Waals surface area contributed by atoms with Gasteiger partial charge in [0.1, 0.15) is 0 Å². The summed E-state index contributed by atoms with van der Waals surface area (Å²) in [4.78, 5) is 12.1. The second-order valence-corrected chi connectivity index (χ2v) is 8.14. The van der Waals surface area contributed by atoms with Crippen LogP contribution in [-0.4, -0.2) is 26.7 Å². The highest BCUT2D eigenvalue weighted by atomic mass is 32.2. The summed E-state index contributed by atoms with van der Waals surface area (Å²) in [6.07, 6.45) is 4.27. The lowest BCUT2D eigenvalue weighted by molar-refractivity contribution is -0.143. The van der Waals surface area contributed by atoms with Crippen LogP contribution in [0.1, 0.15) is 31.2 Å². The first-order valence-electron chi connectivity index (χ1n) is 7.51. The maximum atomic E-state index is 12.4. The van der Waals surface area contributed by atoms with Gasteiger partial charge in [0, 0.05) is 0 Å². The van der Waals surface area contributed by atoms with Crippen LogP contribution in [0.5, 0.6) is 0 Å². The molecule has 1 aromatic rings. The van der Waals surface area contributed by atoms with Crippen molar-refractivity contribution in [1.29, 1.82) is 0 Å². The van der Waals surface area contributed by atoms with Crippen molar-refractivity contribution >= 4 is 15.8 Å². The van der Waals surface area contributed by atoms with E-state index >= 15 is 0 Å². The van der Waals surface area contributed by atoms with E-state index < -0.39 is 9.84 Å². The Morgan fingerprint density at radius 2 is 1.76 bits per heavy atom. The molecule has 1 aromatic carbocycles. The lowest BCUT2D eigenvalue weighted by atomic mass is 10.1. The van der Waals surface area contributed by atoms with Crippen LogP contribution in [0.3, 0.4) is 0 Å². The maximum absolute atomic E-state index is 12.4. The number of esters is 1. The minimum atomic E-state index is -3.30. The van der Waals surface area contributed by atoms with Gasteiger partial charge in [-0.1, -0.05) is 18.2 Å². The summed E-state index contributed by atoms with van der Waals surface area (Å²) < 4.78 is 30.0. The van der Waals surface area contributed by atoms with Crippen molar-refractivity contribution in [3.05, 3.63) is 29.8 Å². The number of ether oxygens (including phenoxy) is 1. The van der Waals surface area contributed by atoms with E-state index in [0.717, 1.165) is 25.7 Å². The normalized spacial score (nSPS) is 18.5. The minimum Gasteiger partial charge on any atom is -0.465 e. The molecule has 0 atom stereocenters. The van der Waals surface area contributed by atoms with Gasteiger partial charge in [-0.15, -0.1) is 0 Å². The average Bonchev–Trinajstić information content (AvgIpc) is 3.32. The molecule has 0 heterocycles. The Kier molecular flexibility index (Phi) is 4.02. The Morgan fingerprint density at radius 1 is 1.10 bits per heavy atom. The zero-order chi connectivity index (χ0) is 14.9. The van der Waals surface area contributed by atoms with Crippen LogP contribution in [0.4, 0.5) is 0 Å². The summed E-state index contributed by atoms with van der Waals surface area (Å²) in [5.74, 6) is 0.671. The van der Waals surface area contributed by atoms with E-state index in [9.17, 15) is 13.2 Å². The van der Waals surface area contributed by atoms with E-state index in [1.807, 2.05) is 0 Å². The smallest absolute Gasteiger partial charge is 0.310 e. The van der Waals surface area contributed by atoms with Gasteiger partial charge in [-0.25, -0.2) is 8.42 Å². The Labute approximate surface area is 125 Å². The molecule has 0 bridgehead atoms. The fourth-order valence-corrected chi connectivity index (χ4v) is 4.30. The molecule has 2 saturated carbocycles. The molecule has 2 aliphatic carbocycles. The first kappa shape index (κ1) is 14.6. The summed E-state index contributed by atoms with van der Waals surface area (Å²) in [5.41, 5.74) is 0.555. The van der Waals surface area contributed by atoms with Gasteiger partial charge in [0.15, 0.2) is 9.84 Å². The van der Waals surface area contributed by atoms with Crippen molar-refractivity contribution in [2.45, 2.75) is 37.0 Å². The van der Waals surface area contributed by atoms with Gasteiger partial charge < -0.3 is 4.74 Å². The molecule has 0 spiro atoms. The largest absolute Gasteiger partial charge is 0.465 e. The molecule has 21 heavy (non-hydrogen) atoms. The summed E-state index contributed by atoms with van der Waals surface area (Å²) in [6, 6.07) is 6.78. The van der Waals surface area contributed by atoms with Crippen LogP contribution in [-0.2, 0) is 25.8 Å². The van der Waals surface area contributed by atoms with Crippen molar-refractivity contribution < 1.29 is 17.9 Å². The number of sulfone groups is 1. The lowest BCUT2D eigenvalue weighted by Gasteiger charge is -2.10. The molecule has 114 valence electrons. The molecule has 0 aliphatic heterocycles. The molecule has 4 nitrogen and oxygen atoms in total. The highest BCUT2D eigenvalue weighted by molar-refractivity contribution is 7.91. The Hall–Kier alpha value is -1.36. The van der Waals surface area contributed by atoms with Crippen LogP contribution in [0.15, 0.2) is 29.2 Å². The van der Waals surface area contributed by atoms with Crippen molar-refractivity contribution in [3.8, 4) is 0 Å². The van der Waals surface area contributed by atoms with Crippen LogP contribution >= 0.6 is 0 Å². The molecular formula is C16H20O4S. The first-order valence-corrected chi connectivity index (χ1v) is 9.16. The zero-order valence-corrected chi connectivity index (χ0v) is 12.8.